The Hall–Kier alpha value is -1.91. The highest BCUT2D eigenvalue weighted by Crippen LogP contribution is 2.22. The van der Waals surface area contributed by atoms with Crippen molar-refractivity contribution in [1.82, 2.24) is 5.32 Å². The fourth-order valence-corrected chi connectivity index (χ4v) is 2.32. The van der Waals surface area contributed by atoms with Crippen LogP contribution in [0.25, 0.3) is 0 Å². The third-order valence-corrected chi connectivity index (χ3v) is 3.58. The van der Waals surface area contributed by atoms with Crippen LogP contribution in [0.2, 0.25) is 5.02 Å². The average Bonchev–Trinajstić information content (AvgIpc) is 2.49. The van der Waals surface area contributed by atoms with Crippen molar-refractivity contribution >= 4 is 17.3 Å². The second-order valence-electron chi connectivity index (χ2n) is 4.80. The van der Waals surface area contributed by atoms with Gasteiger partial charge in [0, 0.05) is 18.7 Å². The minimum absolute atomic E-state index is 0.0211. The Balaban J connectivity index is 1.75. The molecule has 0 unspecified atom stereocenters. The molecular weight excluding hydrogens is 288 g/mol. The summed E-state index contributed by atoms with van der Waals surface area (Å²) in [5.74, 6) is 0. The van der Waals surface area contributed by atoms with Crippen LogP contribution in [0.3, 0.4) is 0 Å². The van der Waals surface area contributed by atoms with Crippen molar-refractivity contribution in [3.63, 3.8) is 0 Å². The molecule has 0 saturated carbocycles. The number of nitrogens with one attached hydrogen (secondary N) is 1. The highest BCUT2D eigenvalue weighted by molar-refractivity contribution is 6.31. The number of aryl methyl sites for hydroxylation is 1. The Bertz CT molecular complexity index is 602. The molecule has 1 N–H and O–H groups in total. The molecule has 0 bridgehead atoms. The van der Waals surface area contributed by atoms with E-state index in [0.29, 0.717) is 11.6 Å². The van der Waals surface area contributed by atoms with Crippen LogP contribution >= 0.6 is 11.6 Å². The number of nitrogens with zero attached hydrogens (tertiary/aromatic N) is 1. The van der Waals surface area contributed by atoms with E-state index in [0.717, 1.165) is 24.9 Å². The molecule has 0 atom stereocenters. The summed E-state index contributed by atoms with van der Waals surface area (Å²) in [5.41, 5.74) is 2.22. The van der Waals surface area contributed by atoms with Crippen LogP contribution in [0, 0.1) is 10.1 Å². The first-order valence-corrected chi connectivity index (χ1v) is 7.22. The maximum atomic E-state index is 10.6. The van der Waals surface area contributed by atoms with Gasteiger partial charge < -0.3 is 5.32 Å². The van der Waals surface area contributed by atoms with Crippen LogP contribution in [-0.2, 0) is 13.0 Å². The van der Waals surface area contributed by atoms with E-state index in [2.05, 4.69) is 17.4 Å². The number of halogens is 1. The van der Waals surface area contributed by atoms with Gasteiger partial charge >= 0.3 is 0 Å². The van der Waals surface area contributed by atoms with Crippen LogP contribution in [-0.4, -0.2) is 11.5 Å². The van der Waals surface area contributed by atoms with Gasteiger partial charge in [-0.2, -0.15) is 0 Å². The Morgan fingerprint density at radius 1 is 1.14 bits per heavy atom. The fourth-order valence-electron chi connectivity index (χ4n) is 2.08. The number of nitro benzene ring substituents is 1. The molecule has 0 spiro atoms. The number of benzene rings is 2. The number of rotatable bonds is 7. The molecule has 0 amide bonds. The number of hydrogen-bond acceptors (Lipinski definition) is 3. The third kappa shape index (κ3) is 4.85. The predicted octanol–water partition coefficient (Wildman–Crippen LogP) is 3.97. The number of nitro groups is 1. The molecular formula is C16H17ClN2O2. The van der Waals surface area contributed by atoms with Gasteiger partial charge in [-0.1, -0.05) is 41.9 Å². The molecule has 0 aliphatic heterocycles. The third-order valence-electron chi connectivity index (χ3n) is 3.22. The van der Waals surface area contributed by atoms with Gasteiger partial charge in [0.1, 0.15) is 0 Å². The van der Waals surface area contributed by atoms with E-state index in [4.69, 9.17) is 11.6 Å². The minimum Gasteiger partial charge on any atom is -0.313 e. The normalized spacial score (nSPS) is 10.5. The second kappa shape index (κ2) is 7.76. The van der Waals surface area contributed by atoms with Gasteiger partial charge in [0.2, 0.25) is 0 Å². The molecule has 0 fully saturated rings. The number of non-ortho nitro benzene ring substituents is 1. The zero-order valence-electron chi connectivity index (χ0n) is 11.6. The largest absolute Gasteiger partial charge is 0.313 e. The van der Waals surface area contributed by atoms with E-state index in [1.807, 2.05) is 18.2 Å². The van der Waals surface area contributed by atoms with Crippen LogP contribution in [0.1, 0.15) is 17.5 Å². The van der Waals surface area contributed by atoms with E-state index in [9.17, 15) is 10.1 Å². The molecule has 21 heavy (non-hydrogen) atoms. The van der Waals surface area contributed by atoms with E-state index >= 15 is 0 Å². The molecule has 4 nitrogen and oxygen atoms in total. The quantitative estimate of drug-likeness (QED) is 0.478. The monoisotopic (exact) mass is 304 g/mol. The molecule has 0 aromatic heterocycles. The summed E-state index contributed by atoms with van der Waals surface area (Å²) in [6.07, 6.45) is 2.07. The zero-order chi connectivity index (χ0) is 15.1. The standard InChI is InChI=1S/C16H17ClN2O2/c17-16-11-15(19(20)21)9-8-14(16)12-18-10-4-7-13-5-2-1-3-6-13/h1-3,5-6,8-9,11,18H,4,7,10,12H2. The molecule has 0 aliphatic carbocycles. The molecule has 110 valence electrons. The smallest absolute Gasteiger partial charge is 0.270 e. The average molecular weight is 305 g/mol. The molecule has 0 aliphatic rings. The topological polar surface area (TPSA) is 55.2 Å². The van der Waals surface area contributed by atoms with Crippen molar-refractivity contribution in [2.45, 2.75) is 19.4 Å². The summed E-state index contributed by atoms with van der Waals surface area (Å²) in [5, 5.41) is 14.4. The Morgan fingerprint density at radius 2 is 1.90 bits per heavy atom. The molecule has 5 heteroatoms. The van der Waals surface area contributed by atoms with Crippen molar-refractivity contribution < 1.29 is 4.92 Å². The van der Waals surface area contributed by atoms with Crippen LogP contribution in [0.4, 0.5) is 5.69 Å². The summed E-state index contributed by atoms with van der Waals surface area (Å²) >= 11 is 6.04. The summed E-state index contributed by atoms with van der Waals surface area (Å²) in [6, 6.07) is 14.9. The van der Waals surface area contributed by atoms with E-state index < -0.39 is 4.92 Å². The molecule has 2 rings (SSSR count). The van der Waals surface area contributed by atoms with Gasteiger partial charge in [0.15, 0.2) is 0 Å². The summed E-state index contributed by atoms with van der Waals surface area (Å²) in [4.78, 5) is 10.2. The summed E-state index contributed by atoms with van der Waals surface area (Å²) < 4.78 is 0. The van der Waals surface area contributed by atoms with Gasteiger partial charge in [-0.3, -0.25) is 10.1 Å². The molecule has 2 aromatic carbocycles. The highest BCUT2D eigenvalue weighted by atomic mass is 35.5. The van der Waals surface area contributed by atoms with Gasteiger partial charge in [-0.15, -0.1) is 0 Å². The van der Waals surface area contributed by atoms with Crippen molar-refractivity contribution in [3.8, 4) is 0 Å². The van der Waals surface area contributed by atoms with Crippen LogP contribution < -0.4 is 5.32 Å². The Kier molecular flexibility index (Phi) is 5.72. The highest BCUT2D eigenvalue weighted by Gasteiger charge is 2.08. The van der Waals surface area contributed by atoms with Crippen LogP contribution in [0.15, 0.2) is 48.5 Å². The first-order valence-electron chi connectivity index (χ1n) is 6.84. The van der Waals surface area contributed by atoms with E-state index in [-0.39, 0.29) is 5.69 Å². The lowest BCUT2D eigenvalue weighted by Gasteiger charge is -2.07. The van der Waals surface area contributed by atoms with Crippen molar-refractivity contribution in [1.29, 1.82) is 0 Å². The Labute approximate surface area is 128 Å². The molecule has 0 saturated heterocycles. The Morgan fingerprint density at radius 3 is 2.57 bits per heavy atom. The molecule has 0 radical (unpaired) electrons. The second-order valence-corrected chi connectivity index (χ2v) is 5.21. The maximum absolute atomic E-state index is 10.6. The summed E-state index contributed by atoms with van der Waals surface area (Å²) in [7, 11) is 0. The predicted molar refractivity (Wildman–Crippen MR) is 84.6 cm³/mol. The first-order chi connectivity index (χ1) is 10.2. The van der Waals surface area contributed by atoms with Crippen molar-refractivity contribution in [2.24, 2.45) is 0 Å². The van der Waals surface area contributed by atoms with Crippen molar-refractivity contribution in [2.75, 3.05) is 6.54 Å². The van der Waals surface area contributed by atoms with E-state index in [1.165, 1.54) is 17.7 Å². The summed E-state index contributed by atoms with van der Waals surface area (Å²) in [6.45, 7) is 1.49. The lowest BCUT2D eigenvalue weighted by molar-refractivity contribution is -0.384. The number of hydrogen-bond donors (Lipinski definition) is 1. The van der Waals surface area contributed by atoms with E-state index in [1.54, 1.807) is 6.07 Å². The zero-order valence-corrected chi connectivity index (χ0v) is 12.3. The van der Waals surface area contributed by atoms with Gasteiger partial charge in [-0.05, 0) is 36.6 Å². The molecule has 2 aromatic rings. The van der Waals surface area contributed by atoms with Gasteiger partial charge in [0.05, 0.1) is 9.95 Å². The van der Waals surface area contributed by atoms with Gasteiger partial charge in [-0.25, -0.2) is 0 Å². The fraction of sp³-hybridized carbons (Fsp3) is 0.250. The maximum Gasteiger partial charge on any atom is 0.270 e. The van der Waals surface area contributed by atoms with Crippen LogP contribution in [0.5, 0.6) is 0 Å². The SMILES string of the molecule is O=[N+]([O-])c1ccc(CNCCCc2ccccc2)c(Cl)c1. The van der Waals surface area contributed by atoms with Gasteiger partial charge in [0.25, 0.3) is 5.69 Å². The lowest BCUT2D eigenvalue weighted by atomic mass is 10.1. The molecule has 0 heterocycles. The lowest BCUT2D eigenvalue weighted by Crippen LogP contribution is -2.15. The first kappa shape index (κ1) is 15.5. The van der Waals surface area contributed by atoms with Crippen molar-refractivity contribution in [3.05, 3.63) is 74.8 Å². The minimum atomic E-state index is -0.442.